The fourth-order valence-corrected chi connectivity index (χ4v) is 2.13. The molecule has 2 rings (SSSR count). The van der Waals surface area contributed by atoms with Crippen molar-refractivity contribution in [3.05, 3.63) is 58.1 Å². The largest absolute Gasteiger partial charge is 0.497 e. The van der Waals surface area contributed by atoms with E-state index in [-0.39, 0.29) is 0 Å². The summed E-state index contributed by atoms with van der Waals surface area (Å²) >= 11 is 3.46. The van der Waals surface area contributed by atoms with Gasteiger partial charge in [-0.05, 0) is 45.3 Å². The Kier molecular flexibility index (Phi) is 4.82. The molecule has 100 valence electrons. The summed E-state index contributed by atoms with van der Waals surface area (Å²) in [5.74, 6) is 1.59. The first kappa shape index (κ1) is 13.9. The Morgan fingerprint density at radius 2 is 1.74 bits per heavy atom. The molecule has 19 heavy (non-hydrogen) atoms. The van der Waals surface area contributed by atoms with E-state index >= 15 is 0 Å². The number of benzene rings is 2. The van der Waals surface area contributed by atoms with Crippen LogP contribution in [0.25, 0.3) is 0 Å². The van der Waals surface area contributed by atoms with E-state index in [4.69, 9.17) is 15.2 Å². The van der Waals surface area contributed by atoms with Gasteiger partial charge in [0.25, 0.3) is 0 Å². The van der Waals surface area contributed by atoms with Crippen LogP contribution in [0, 0.1) is 0 Å². The van der Waals surface area contributed by atoms with Gasteiger partial charge in [0.2, 0.25) is 0 Å². The quantitative estimate of drug-likeness (QED) is 0.916. The first-order chi connectivity index (χ1) is 9.22. The predicted molar refractivity (Wildman–Crippen MR) is 79.4 cm³/mol. The second-order valence-electron chi connectivity index (χ2n) is 4.11. The molecule has 0 heterocycles. The zero-order chi connectivity index (χ0) is 13.7. The lowest BCUT2D eigenvalue weighted by Gasteiger charge is -2.10. The molecule has 2 aromatic rings. The standard InChI is InChI=1S/C15H16BrNO2/c1-18-13-6-7-15(14(16)8-13)19-10-12-4-2-11(9-17)3-5-12/h2-8H,9-10,17H2,1H3. The van der Waals surface area contributed by atoms with Crippen molar-refractivity contribution in [2.45, 2.75) is 13.2 Å². The Labute approximate surface area is 121 Å². The Hall–Kier alpha value is -1.52. The smallest absolute Gasteiger partial charge is 0.134 e. The number of nitrogens with two attached hydrogens (primary N) is 1. The molecule has 0 amide bonds. The van der Waals surface area contributed by atoms with Crippen molar-refractivity contribution in [3.63, 3.8) is 0 Å². The molecular weight excluding hydrogens is 306 g/mol. The van der Waals surface area contributed by atoms with Crippen molar-refractivity contribution in [1.29, 1.82) is 0 Å². The molecule has 0 saturated carbocycles. The van der Waals surface area contributed by atoms with Crippen LogP contribution in [0.1, 0.15) is 11.1 Å². The summed E-state index contributed by atoms with van der Waals surface area (Å²) in [5.41, 5.74) is 7.79. The Balaban J connectivity index is 2.01. The maximum Gasteiger partial charge on any atom is 0.134 e. The van der Waals surface area contributed by atoms with Crippen LogP contribution in [0.15, 0.2) is 46.9 Å². The first-order valence-electron chi connectivity index (χ1n) is 5.97. The van der Waals surface area contributed by atoms with Crippen LogP contribution in [0.3, 0.4) is 0 Å². The minimum Gasteiger partial charge on any atom is -0.497 e. The third-order valence-electron chi connectivity index (χ3n) is 2.79. The second kappa shape index (κ2) is 6.59. The van der Waals surface area contributed by atoms with Gasteiger partial charge in [0.1, 0.15) is 18.1 Å². The van der Waals surface area contributed by atoms with Crippen LogP contribution in [0.5, 0.6) is 11.5 Å². The number of methoxy groups -OCH3 is 1. The van der Waals surface area contributed by atoms with Crippen molar-refractivity contribution >= 4 is 15.9 Å². The maximum atomic E-state index is 5.76. The molecule has 0 aliphatic heterocycles. The fraction of sp³-hybridized carbons (Fsp3) is 0.200. The maximum absolute atomic E-state index is 5.76. The average Bonchev–Trinajstić information content (AvgIpc) is 2.46. The van der Waals surface area contributed by atoms with Gasteiger partial charge in [0.05, 0.1) is 11.6 Å². The number of ether oxygens (including phenoxy) is 2. The van der Waals surface area contributed by atoms with Crippen LogP contribution in [-0.4, -0.2) is 7.11 Å². The fourth-order valence-electron chi connectivity index (χ4n) is 1.66. The molecule has 2 aromatic carbocycles. The summed E-state index contributed by atoms with van der Waals surface area (Å²) in [7, 11) is 1.64. The van der Waals surface area contributed by atoms with Gasteiger partial charge < -0.3 is 15.2 Å². The minimum atomic E-state index is 0.524. The molecule has 0 radical (unpaired) electrons. The highest BCUT2D eigenvalue weighted by atomic mass is 79.9. The highest BCUT2D eigenvalue weighted by Crippen LogP contribution is 2.29. The molecule has 0 saturated heterocycles. The van der Waals surface area contributed by atoms with Crippen LogP contribution >= 0.6 is 15.9 Å². The van der Waals surface area contributed by atoms with Crippen LogP contribution < -0.4 is 15.2 Å². The number of rotatable bonds is 5. The van der Waals surface area contributed by atoms with E-state index in [1.54, 1.807) is 7.11 Å². The second-order valence-corrected chi connectivity index (χ2v) is 4.96. The molecule has 0 spiro atoms. The van der Waals surface area contributed by atoms with Gasteiger partial charge in [-0.1, -0.05) is 24.3 Å². The molecule has 0 atom stereocenters. The van der Waals surface area contributed by atoms with Crippen LogP contribution in [0.4, 0.5) is 0 Å². The van der Waals surface area contributed by atoms with Crippen molar-refractivity contribution in [3.8, 4) is 11.5 Å². The normalized spacial score (nSPS) is 10.3. The van der Waals surface area contributed by atoms with Gasteiger partial charge in [-0.15, -0.1) is 0 Å². The van der Waals surface area contributed by atoms with E-state index in [1.807, 2.05) is 42.5 Å². The lowest BCUT2D eigenvalue weighted by atomic mass is 10.1. The molecule has 0 unspecified atom stereocenters. The summed E-state index contributed by atoms with van der Waals surface area (Å²) in [4.78, 5) is 0. The number of hydrogen-bond acceptors (Lipinski definition) is 3. The molecule has 0 aliphatic carbocycles. The monoisotopic (exact) mass is 321 g/mol. The number of hydrogen-bond donors (Lipinski definition) is 1. The third-order valence-corrected chi connectivity index (χ3v) is 3.41. The van der Waals surface area contributed by atoms with Crippen molar-refractivity contribution in [2.75, 3.05) is 7.11 Å². The van der Waals surface area contributed by atoms with Gasteiger partial charge >= 0.3 is 0 Å². The minimum absolute atomic E-state index is 0.524. The number of halogens is 1. The van der Waals surface area contributed by atoms with E-state index in [9.17, 15) is 0 Å². The lowest BCUT2D eigenvalue weighted by Crippen LogP contribution is -1.99. The molecule has 3 nitrogen and oxygen atoms in total. The zero-order valence-corrected chi connectivity index (χ0v) is 12.3. The summed E-state index contributed by atoms with van der Waals surface area (Å²) < 4.78 is 11.8. The van der Waals surface area contributed by atoms with Crippen LogP contribution in [0.2, 0.25) is 0 Å². The molecular formula is C15H16BrNO2. The van der Waals surface area contributed by atoms with E-state index in [0.29, 0.717) is 13.2 Å². The summed E-state index contributed by atoms with van der Waals surface area (Å²) in [6.07, 6.45) is 0. The molecule has 0 fully saturated rings. The SMILES string of the molecule is COc1ccc(OCc2ccc(CN)cc2)c(Br)c1. The van der Waals surface area contributed by atoms with E-state index in [0.717, 1.165) is 27.1 Å². The van der Waals surface area contributed by atoms with Gasteiger partial charge in [0, 0.05) is 6.54 Å². The molecule has 0 aliphatic rings. The topological polar surface area (TPSA) is 44.5 Å². The van der Waals surface area contributed by atoms with Crippen LogP contribution in [-0.2, 0) is 13.2 Å². The van der Waals surface area contributed by atoms with Gasteiger partial charge in [-0.25, -0.2) is 0 Å². The van der Waals surface area contributed by atoms with E-state index in [2.05, 4.69) is 15.9 Å². The van der Waals surface area contributed by atoms with Gasteiger partial charge in [-0.3, -0.25) is 0 Å². The average molecular weight is 322 g/mol. The summed E-state index contributed by atoms with van der Waals surface area (Å²) in [6.45, 7) is 1.08. The lowest BCUT2D eigenvalue weighted by molar-refractivity contribution is 0.303. The Bertz CT molecular complexity index is 540. The summed E-state index contributed by atoms with van der Waals surface area (Å²) in [5, 5.41) is 0. The summed E-state index contributed by atoms with van der Waals surface area (Å²) in [6, 6.07) is 13.7. The highest BCUT2D eigenvalue weighted by molar-refractivity contribution is 9.10. The molecule has 2 N–H and O–H groups in total. The molecule has 0 aromatic heterocycles. The van der Waals surface area contributed by atoms with E-state index < -0.39 is 0 Å². The van der Waals surface area contributed by atoms with Crippen molar-refractivity contribution in [1.82, 2.24) is 0 Å². The Morgan fingerprint density at radius 3 is 2.32 bits per heavy atom. The third kappa shape index (κ3) is 3.72. The highest BCUT2D eigenvalue weighted by Gasteiger charge is 2.03. The predicted octanol–water partition coefficient (Wildman–Crippen LogP) is 3.50. The Morgan fingerprint density at radius 1 is 1.05 bits per heavy atom. The van der Waals surface area contributed by atoms with Gasteiger partial charge in [0.15, 0.2) is 0 Å². The van der Waals surface area contributed by atoms with Crippen molar-refractivity contribution in [2.24, 2.45) is 5.73 Å². The molecule has 0 bridgehead atoms. The van der Waals surface area contributed by atoms with Gasteiger partial charge in [-0.2, -0.15) is 0 Å². The zero-order valence-electron chi connectivity index (χ0n) is 10.7. The van der Waals surface area contributed by atoms with E-state index in [1.165, 1.54) is 0 Å². The first-order valence-corrected chi connectivity index (χ1v) is 6.76. The molecule has 4 heteroatoms. The van der Waals surface area contributed by atoms with Crippen molar-refractivity contribution < 1.29 is 9.47 Å².